The van der Waals surface area contributed by atoms with Crippen LogP contribution in [0.5, 0.6) is 0 Å². The second-order valence-corrected chi connectivity index (χ2v) is 7.14. The lowest BCUT2D eigenvalue weighted by Gasteiger charge is -2.05. The summed E-state index contributed by atoms with van der Waals surface area (Å²) in [6, 6.07) is 26.3. The zero-order valence-corrected chi connectivity index (χ0v) is 15.0. The normalized spacial score (nSPS) is 11.9. The van der Waals surface area contributed by atoms with Gasteiger partial charge in [-0.2, -0.15) is 0 Å². The van der Waals surface area contributed by atoms with E-state index in [0.29, 0.717) is 5.02 Å². The van der Waals surface area contributed by atoms with Crippen LogP contribution >= 0.6 is 11.6 Å². The van der Waals surface area contributed by atoms with E-state index in [1.54, 1.807) is 0 Å². The van der Waals surface area contributed by atoms with Gasteiger partial charge in [-0.25, -0.2) is 0 Å². The quantitative estimate of drug-likeness (QED) is 0.296. The largest absolute Gasteiger partial charge is 0.456 e. The van der Waals surface area contributed by atoms with E-state index < -0.39 is 0 Å². The van der Waals surface area contributed by atoms with Gasteiger partial charge in [-0.1, -0.05) is 60.1 Å². The van der Waals surface area contributed by atoms with E-state index in [4.69, 9.17) is 20.4 Å². The molecule has 0 N–H and O–H groups in total. The van der Waals surface area contributed by atoms with Gasteiger partial charge in [-0.15, -0.1) is 0 Å². The lowest BCUT2D eigenvalue weighted by atomic mass is 9.96. The summed E-state index contributed by atoms with van der Waals surface area (Å²) in [6.45, 7) is 0. The summed E-state index contributed by atoms with van der Waals surface area (Å²) in [5.41, 5.74) is 5.54. The van der Waals surface area contributed by atoms with Gasteiger partial charge < -0.3 is 8.83 Å². The van der Waals surface area contributed by atoms with Gasteiger partial charge in [0.25, 0.3) is 0 Å². The van der Waals surface area contributed by atoms with Crippen LogP contribution in [-0.2, 0) is 0 Å². The summed E-state index contributed by atoms with van der Waals surface area (Å²) < 4.78 is 12.5. The van der Waals surface area contributed by atoms with Crippen molar-refractivity contribution in [2.24, 2.45) is 0 Å². The highest BCUT2D eigenvalue weighted by Crippen LogP contribution is 2.44. The Morgan fingerprint density at radius 3 is 2.30 bits per heavy atom. The molecule has 0 fully saturated rings. The molecule has 0 aliphatic heterocycles. The average Bonchev–Trinajstić information content (AvgIpc) is 3.24. The summed E-state index contributed by atoms with van der Waals surface area (Å²) in [6.07, 6.45) is 0. The summed E-state index contributed by atoms with van der Waals surface area (Å²) in [7, 11) is 0. The van der Waals surface area contributed by atoms with E-state index in [1.807, 2.05) is 54.6 Å². The van der Waals surface area contributed by atoms with Gasteiger partial charge >= 0.3 is 0 Å². The Morgan fingerprint density at radius 2 is 1.41 bits per heavy atom. The summed E-state index contributed by atoms with van der Waals surface area (Å²) >= 11 is 6.19. The summed E-state index contributed by atoms with van der Waals surface area (Å²) in [4.78, 5) is 0. The van der Waals surface area contributed by atoms with E-state index in [9.17, 15) is 0 Å². The van der Waals surface area contributed by atoms with E-state index in [2.05, 4.69) is 24.3 Å². The first-order valence-electron chi connectivity index (χ1n) is 8.81. The molecule has 0 unspecified atom stereocenters. The molecule has 0 aliphatic rings. The second kappa shape index (κ2) is 5.38. The topological polar surface area (TPSA) is 26.3 Å². The third-order valence-corrected chi connectivity index (χ3v) is 5.36. The predicted molar refractivity (Wildman–Crippen MR) is 111 cm³/mol. The zero-order valence-electron chi connectivity index (χ0n) is 14.2. The van der Waals surface area contributed by atoms with E-state index in [1.165, 1.54) is 0 Å². The molecule has 27 heavy (non-hydrogen) atoms. The number of fused-ring (bicyclic) bond motifs is 6. The van der Waals surface area contributed by atoms with Crippen LogP contribution in [0.25, 0.3) is 55.0 Å². The lowest BCUT2D eigenvalue weighted by molar-refractivity contribution is 0.664. The fourth-order valence-corrected chi connectivity index (χ4v) is 4.13. The molecule has 0 radical (unpaired) electrons. The first-order valence-corrected chi connectivity index (χ1v) is 9.19. The van der Waals surface area contributed by atoms with Crippen LogP contribution in [0.1, 0.15) is 0 Å². The van der Waals surface area contributed by atoms with Crippen LogP contribution in [0, 0.1) is 0 Å². The minimum absolute atomic E-state index is 0.664. The fraction of sp³-hybridized carbons (Fsp3) is 0. The first kappa shape index (κ1) is 14.9. The van der Waals surface area contributed by atoms with Crippen LogP contribution in [0.4, 0.5) is 0 Å². The maximum atomic E-state index is 6.32. The van der Waals surface area contributed by atoms with Crippen molar-refractivity contribution >= 4 is 55.5 Å². The second-order valence-electron chi connectivity index (χ2n) is 6.71. The highest BCUT2D eigenvalue weighted by Gasteiger charge is 2.20. The van der Waals surface area contributed by atoms with Crippen LogP contribution in [0.15, 0.2) is 87.7 Å². The molecule has 0 saturated carbocycles. The van der Waals surface area contributed by atoms with Crippen molar-refractivity contribution in [1.29, 1.82) is 0 Å². The molecule has 4 aromatic carbocycles. The Balaban J connectivity index is 1.91. The molecule has 2 heterocycles. The molecule has 0 atom stereocenters. The first-order chi connectivity index (χ1) is 13.3. The smallest absolute Gasteiger partial charge is 0.144 e. The van der Waals surface area contributed by atoms with Crippen LogP contribution in [0.3, 0.4) is 0 Å². The van der Waals surface area contributed by atoms with E-state index in [0.717, 1.165) is 55.0 Å². The number of rotatable bonds is 1. The lowest BCUT2D eigenvalue weighted by Crippen LogP contribution is -1.81. The maximum Gasteiger partial charge on any atom is 0.144 e. The number of para-hydroxylation sites is 1. The molecular formula is C24H13ClO2. The average molecular weight is 369 g/mol. The molecule has 6 rings (SSSR count). The minimum Gasteiger partial charge on any atom is -0.456 e. The number of halogens is 1. The van der Waals surface area contributed by atoms with Gasteiger partial charge in [0.15, 0.2) is 0 Å². The van der Waals surface area contributed by atoms with Gasteiger partial charge in [-0.3, -0.25) is 0 Å². The molecule has 0 amide bonds. The summed E-state index contributed by atoms with van der Waals surface area (Å²) in [5.74, 6) is 0. The Bertz CT molecular complexity index is 1470. The highest BCUT2D eigenvalue weighted by molar-refractivity contribution is 6.32. The van der Waals surface area contributed by atoms with Gasteiger partial charge in [0.2, 0.25) is 0 Å². The third-order valence-electron chi connectivity index (χ3n) is 5.13. The molecule has 3 heteroatoms. The monoisotopic (exact) mass is 368 g/mol. The van der Waals surface area contributed by atoms with E-state index >= 15 is 0 Å². The number of benzene rings is 4. The fourth-order valence-electron chi connectivity index (χ4n) is 3.97. The third kappa shape index (κ3) is 2.08. The van der Waals surface area contributed by atoms with Crippen molar-refractivity contribution in [3.63, 3.8) is 0 Å². The van der Waals surface area contributed by atoms with Crippen molar-refractivity contribution in [2.45, 2.75) is 0 Å². The van der Waals surface area contributed by atoms with Crippen molar-refractivity contribution < 1.29 is 8.83 Å². The summed E-state index contributed by atoms with van der Waals surface area (Å²) in [5, 5.41) is 4.90. The number of hydrogen-bond donors (Lipinski definition) is 0. The molecule has 0 aliphatic carbocycles. The minimum atomic E-state index is 0.664. The Morgan fingerprint density at radius 1 is 0.593 bits per heavy atom. The Labute approximate surface area is 159 Å². The SMILES string of the molecule is Clc1ccc2c(c1)oc1c(-c3ccccc3)c3c(cc12)oc1ccccc13. The van der Waals surface area contributed by atoms with Crippen molar-refractivity contribution in [1.82, 2.24) is 0 Å². The van der Waals surface area contributed by atoms with Gasteiger partial charge in [0.05, 0.1) is 0 Å². The Hall–Kier alpha value is -3.23. The van der Waals surface area contributed by atoms with Gasteiger partial charge in [0, 0.05) is 38.2 Å². The molecule has 0 bridgehead atoms. The highest BCUT2D eigenvalue weighted by atomic mass is 35.5. The van der Waals surface area contributed by atoms with Gasteiger partial charge in [-0.05, 0) is 29.8 Å². The van der Waals surface area contributed by atoms with Crippen molar-refractivity contribution in [3.8, 4) is 11.1 Å². The van der Waals surface area contributed by atoms with E-state index in [-0.39, 0.29) is 0 Å². The molecule has 0 spiro atoms. The maximum absolute atomic E-state index is 6.32. The predicted octanol–water partition coefficient (Wildman–Crippen LogP) is 7.81. The Kier molecular flexibility index (Phi) is 2.97. The molecular weight excluding hydrogens is 356 g/mol. The number of hydrogen-bond acceptors (Lipinski definition) is 2. The standard InChI is InChI=1S/C24H13ClO2/c25-15-10-11-16-18-13-21-23(17-8-4-5-9-19(17)26-21)22(14-6-2-1-3-7-14)24(18)27-20(16)12-15/h1-13H. The molecule has 128 valence electrons. The van der Waals surface area contributed by atoms with Crippen molar-refractivity contribution in [2.75, 3.05) is 0 Å². The van der Waals surface area contributed by atoms with Crippen LogP contribution in [-0.4, -0.2) is 0 Å². The zero-order chi connectivity index (χ0) is 18.0. The van der Waals surface area contributed by atoms with Crippen LogP contribution in [0.2, 0.25) is 5.02 Å². The molecule has 0 saturated heterocycles. The van der Waals surface area contributed by atoms with Crippen molar-refractivity contribution in [3.05, 3.63) is 83.9 Å². The molecule has 2 aromatic heterocycles. The van der Waals surface area contributed by atoms with Gasteiger partial charge in [0.1, 0.15) is 22.3 Å². The number of furan rings is 2. The molecule has 6 aromatic rings. The van der Waals surface area contributed by atoms with Crippen LogP contribution < -0.4 is 0 Å². The molecule has 2 nitrogen and oxygen atoms in total.